The Hall–Kier alpha value is -3.28. The van der Waals surface area contributed by atoms with Crippen LogP contribution in [0.15, 0.2) is 47.9 Å². The molecule has 10 nitrogen and oxygen atoms in total. The number of pyridine rings is 1. The lowest BCUT2D eigenvalue weighted by molar-refractivity contribution is -0.136. The van der Waals surface area contributed by atoms with E-state index in [1.165, 1.54) is 10.5 Å². The highest BCUT2D eigenvalue weighted by Gasteiger charge is 2.32. The fourth-order valence-electron chi connectivity index (χ4n) is 4.61. The molecule has 3 aromatic heterocycles. The maximum absolute atomic E-state index is 13.8. The van der Waals surface area contributed by atoms with Crippen LogP contribution in [0.3, 0.4) is 0 Å². The number of ether oxygens (including phenoxy) is 1. The number of piperidine rings is 1. The van der Waals surface area contributed by atoms with Gasteiger partial charge in [-0.25, -0.2) is 17.9 Å². The molecule has 1 aliphatic rings. The molecule has 1 aromatic carbocycles. The largest absolute Gasteiger partial charge is 0.481 e. The summed E-state index contributed by atoms with van der Waals surface area (Å²) in [5.74, 6) is -0.963. The Morgan fingerprint density at radius 2 is 1.97 bits per heavy atom. The number of carbonyl (C=O) groups is 1. The second kappa shape index (κ2) is 8.49. The summed E-state index contributed by atoms with van der Waals surface area (Å²) in [6, 6.07) is 6.97. The van der Waals surface area contributed by atoms with Crippen molar-refractivity contribution in [1.29, 1.82) is 0 Å². The molecule has 0 spiro atoms. The van der Waals surface area contributed by atoms with Crippen molar-refractivity contribution in [1.82, 2.24) is 23.5 Å². The van der Waals surface area contributed by atoms with Crippen molar-refractivity contribution in [2.24, 2.45) is 7.05 Å². The Morgan fingerprint density at radius 1 is 1.21 bits per heavy atom. The molecule has 0 unspecified atom stereocenters. The Morgan fingerprint density at radius 3 is 2.68 bits per heavy atom. The van der Waals surface area contributed by atoms with Gasteiger partial charge in [0.15, 0.2) is 0 Å². The van der Waals surface area contributed by atoms with E-state index in [0.29, 0.717) is 53.7 Å². The summed E-state index contributed by atoms with van der Waals surface area (Å²) in [7, 11) is -0.311. The normalized spacial score (nSPS) is 15.9. The zero-order valence-corrected chi connectivity index (χ0v) is 19.7. The molecule has 0 saturated carbocycles. The zero-order valence-electron chi connectivity index (χ0n) is 18.9. The van der Waals surface area contributed by atoms with E-state index >= 15 is 0 Å². The number of hydrogen-bond acceptors (Lipinski definition) is 6. The van der Waals surface area contributed by atoms with Crippen LogP contribution in [0.25, 0.3) is 27.7 Å². The molecule has 0 aliphatic carbocycles. The first-order chi connectivity index (χ1) is 16.3. The van der Waals surface area contributed by atoms with Crippen LogP contribution in [0, 0.1) is 0 Å². The number of nitrogens with zero attached hydrogens (tertiary/aromatic N) is 5. The minimum atomic E-state index is -3.81. The van der Waals surface area contributed by atoms with Crippen LogP contribution in [-0.2, 0) is 33.0 Å². The van der Waals surface area contributed by atoms with Gasteiger partial charge in [0.2, 0.25) is 10.0 Å². The van der Waals surface area contributed by atoms with Crippen LogP contribution in [0.2, 0.25) is 0 Å². The molecule has 178 valence electrons. The lowest BCUT2D eigenvalue weighted by Crippen LogP contribution is -2.40. The third-order valence-corrected chi connectivity index (χ3v) is 8.38. The number of hydrogen-bond donors (Lipinski definition) is 1. The second-order valence-electron chi connectivity index (χ2n) is 8.49. The molecular weight excluding hydrogens is 458 g/mol. The molecule has 1 aliphatic heterocycles. The maximum atomic E-state index is 13.8. The van der Waals surface area contributed by atoms with Gasteiger partial charge in [0.1, 0.15) is 0 Å². The van der Waals surface area contributed by atoms with Crippen molar-refractivity contribution < 1.29 is 23.1 Å². The summed E-state index contributed by atoms with van der Waals surface area (Å²) in [6.07, 6.45) is 6.03. The highest BCUT2D eigenvalue weighted by atomic mass is 32.2. The van der Waals surface area contributed by atoms with Crippen LogP contribution < -0.4 is 0 Å². The minimum Gasteiger partial charge on any atom is -0.481 e. The highest BCUT2D eigenvalue weighted by Crippen LogP contribution is 2.37. The summed E-state index contributed by atoms with van der Waals surface area (Å²) in [6.45, 7) is 0.760. The van der Waals surface area contributed by atoms with Crippen molar-refractivity contribution in [3.05, 3.63) is 48.5 Å². The summed E-state index contributed by atoms with van der Waals surface area (Å²) in [5, 5.41) is 13.5. The van der Waals surface area contributed by atoms with Gasteiger partial charge in [-0.15, -0.1) is 0 Å². The molecular formula is C23H25N5O5S. The molecule has 4 aromatic rings. The van der Waals surface area contributed by atoms with Crippen LogP contribution in [0.5, 0.6) is 0 Å². The molecule has 0 radical (unpaired) electrons. The van der Waals surface area contributed by atoms with E-state index in [1.54, 1.807) is 48.4 Å². The SMILES string of the molecule is COC1CCN(S(=O)(=O)c2ccc3c(ncn3C)c2-c2ccn3ncc(CC(=O)O)c3c2)CC1. The first-order valence-electron chi connectivity index (χ1n) is 10.9. The fourth-order valence-corrected chi connectivity index (χ4v) is 6.29. The molecule has 0 amide bonds. The van der Waals surface area contributed by atoms with Crippen molar-refractivity contribution in [3.8, 4) is 11.1 Å². The highest BCUT2D eigenvalue weighted by molar-refractivity contribution is 7.89. The number of fused-ring (bicyclic) bond motifs is 2. The van der Waals surface area contributed by atoms with Gasteiger partial charge in [0.05, 0.1) is 46.5 Å². The van der Waals surface area contributed by atoms with Crippen molar-refractivity contribution in [3.63, 3.8) is 0 Å². The van der Waals surface area contributed by atoms with E-state index in [0.717, 1.165) is 5.52 Å². The van der Waals surface area contributed by atoms with E-state index in [1.807, 2.05) is 11.6 Å². The van der Waals surface area contributed by atoms with E-state index < -0.39 is 16.0 Å². The standard InChI is InChI=1S/C23H25N5O5S/c1-26-14-24-23-18(26)3-4-20(34(31,32)27-8-6-17(33-2)7-9-27)22(23)15-5-10-28-19(11-15)16(13-25-28)12-21(29)30/h3-5,10-11,13-14,17H,6-9,12H2,1-2H3,(H,29,30). The van der Waals surface area contributed by atoms with Gasteiger partial charge >= 0.3 is 5.97 Å². The molecule has 1 saturated heterocycles. The number of aliphatic carboxylic acids is 1. The number of aromatic nitrogens is 4. The van der Waals surface area contributed by atoms with Gasteiger partial charge in [-0.3, -0.25) is 4.79 Å². The first-order valence-corrected chi connectivity index (χ1v) is 12.4. The predicted octanol–water partition coefficient (Wildman–Crippen LogP) is 2.31. The van der Waals surface area contributed by atoms with E-state index in [4.69, 9.17) is 4.74 Å². The average Bonchev–Trinajstić information content (AvgIpc) is 3.41. The van der Waals surface area contributed by atoms with Crippen LogP contribution in [0.4, 0.5) is 0 Å². The zero-order chi connectivity index (χ0) is 24.0. The van der Waals surface area contributed by atoms with Gasteiger partial charge < -0.3 is 14.4 Å². The molecule has 1 N–H and O–H groups in total. The number of carboxylic acids is 1. The number of sulfonamides is 1. The summed E-state index contributed by atoms with van der Waals surface area (Å²) in [5.41, 5.74) is 3.65. The third-order valence-electron chi connectivity index (χ3n) is 6.44. The van der Waals surface area contributed by atoms with Crippen molar-refractivity contribution in [2.45, 2.75) is 30.3 Å². The molecule has 0 bridgehead atoms. The maximum Gasteiger partial charge on any atom is 0.307 e. The van der Waals surface area contributed by atoms with Gasteiger partial charge in [0.25, 0.3) is 0 Å². The number of imidazole rings is 1. The van der Waals surface area contributed by atoms with E-state index in [-0.39, 0.29) is 17.4 Å². The van der Waals surface area contributed by atoms with Crippen molar-refractivity contribution in [2.75, 3.05) is 20.2 Å². The minimum absolute atomic E-state index is 0.0566. The molecule has 0 atom stereocenters. The van der Waals surface area contributed by atoms with Crippen LogP contribution >= 0.6 is 0 Å². The first kappa shape index (κ1) is 22.5. The molecule has 34 heavy (non-hydrogen) atoms. The fraction of sp³-hybridized carbons (Fsp3) is 0.348. The number of benzene rings is 1. The van der Waals surface area contributed by atoms with Gasteiger partial charge in [-0.2, -0.15) is 9.40 Å². The predicted molar refractivity (Wildman–Crippen MR) is 125 cm³/mol. The third kappa shape index (κ3) is 3.75. The Kier molecular flexibility index (Phi) is 5.62. The molecule has 1 fully saturated rings. The lowest BCUT2D eigenvalue weighted by atomic mass is 10.0. The number of rotatable bonds is 6. The Balaban J connectivity index is 1.69. The van der Waals surface area contributed by atoms with E-state index in [9.17, 15) is 18.3 Å². The quantitative estimate of drug-likeness (QED) is 0.447. The molecule has 11 heteroatoms. The summed E-state index contributed by atoms with van der Waals surface area (Å²) >= 11 is 0. The summed E-state index contributed by atoms with van der Waals surface area (Å²) < 4.78 is 37.9. The van der Waals surface area contributed by atoms with E-state index in [2.05, 4.69) is 10.1 Å². The smallest absolute Gasteiger partial charge is 0.307 e. The Bertz CT molecular complexity index is 1500. The van der Waals surface area contributed by atoms with Gasteiger partial charge in [0, 0.05) is 44.6 Å². The second-order valence-corrected chi connectivity index (χ2v) is 10.4. The molecule has 4 heterocycles. The van der Waals surface area contributed by atoms with Crippen LogP contribution in [0.1, 0.15) is 18.4 Å². The van der Waals surface area contributed by atoms with Gasteiger partial charge in [-0.1, -0.05) is 0 Å². The average molecular weight is 484 g/mol. The number of aryl methyl sites for hydroxylation is 1. The van der Waals surface area contributed by atoms with Crippen molar-refractivity contribution >= 4 is 32.5 Å². The molecule has 5 rings (SSSR count). The van der Waals surface area contributed by atoms with Crippen LogP contribution in [-0.4, -0.2) is 69.3 Å². The number of carboxylic acid groups (broad SMARTS) is 1. The monoisotopic (exact) mass is 483 g/mol. The summed E-state index contributed by atoms with van der Waals surface area (Å²) in [4.78, 5) is 16.0. The van der Waals surface area contributed by atoms with Gasteiger partial charge in [-0.05, 0) is 42.7 Å². The Labute approximate surface area is 196 Å². The topological polar surface area (TPSA) is 119 Å². The lowest BCUT2D eigenvalue weighted by Gasteiger charge is -2.31. The number of methoxy groups -OCH3 is 1.